The minimum Gasteiger partial charge on any atom is -0.286 e. The van der Waals surface area contributed by atoms with Gasteiger partial charge in [0.15, 0.2) is 6.04 Å². The monoisotopic (exact) mass is 419 g/mol. The first kappa shape index (κ1) is 20.4. The lowest BCUT2D eigenvalue weighted by atomic mass is 9.86. The van der Waals surface area contributed by atoms with Gasteiger partial charge in [-0.25, -0.2) is 0 Å². The Balaban J connectivity index is 1.68. The lowest BCUT2D eigenvalue weighted by molar-refractivity contribution is -0.418. The molecule has 0 amide bonds. The second kappa shape index (κ2) is 7.87. The van der Waals surface area contributed by atoms with Gasteiger partial charge in [-0.05, 0) is 34.8 Å². The van der Waals surface area contributed by atoms with Crippen molar-refractivity contribution in [2.75, 3.05) is 0 Å². The molecule has 0 fully saturated rings. The summed E-state index contributed by atoms with van der Waals surface area (Å²) in [6.07, 6.45) is 6.53. The summed E-state index contributed by atoms with van der Waals surface area (Å²) in [6, 6.07) is 22.4. The maximum atomic E-state index is 6.54. The van der Waals surface area contributed by atoms with Gasteiger partial charge >= 0.3 is 0 Å². The van der Waals surface area contributed by atoms with E-state index < -0.39 is 0 Å². The number of hydrogen-bond acceptors (Lipinski definition) is 0. The van der Waals surface area contributed by atoms with Gasteiger partial charge in [-0.1, -0.05) is 98.5 Å². The van der Waals surface area contributed by atoms with Crippen LogP contribution in [0.5, 0.6) is 0 Å². The van der Waals surface area contributed by atoms with Gasteiger partial charge in [0.25, 0.3) is 11.2 Å². The fourth-order valence-corrected chi connectivity index (χ4v) is 4.50. The zero-order valence-corrected chi connectivity index (χ0v) is 19.2. The molecule has 0 saturated heterocycles. The van der Waals surface area contributed by atoms with Crippen molar-refractivity contribution in [1.29, 1.82) is 0 Å². The Labute approximate surface area is 190 Å². The van der Waals surface area contributed by atoms with Crippen LogP contribution in [0.1, 0.15) is 31.9 Å². The number of furan rings is 1. The summed E-state index contributed by atoms with van der Waals surface area (Å²) in [4.78, 5) is 0. The van der Waals surface area contributed by atoms with E-state index in [1.54, 1.807) is 0 Å². The fraction of sp³-hybridized carbons (Fsp3) is 0.200. The van der Waals surface area contributed by atoms with E-state index in [1.807, 2.05) is 10.6 Å². The van der Waals surface area contributed by atoms with Crippen molar-refractivity contribution < 1.29 is 8.99 Å². The highest BCUT2D eigenvalue weighted by molar-refractivity contribution is 6.07. The Hall–Kier alpha value is -3.52. The summed E-state index contributed by atoms with van der Waals surface area (Å²) in [5.41, 5.74) is 7.83. The zero-order valence-electron chi connectivity index (χ0n) is 19.2. The first-order valence-corrected chi connectivity index (χ1v) is 11.3. The zero-order chi connectivity index (χ0) is 22.4. The summed E-state index contributed by atoms with van der Waals surface area (Å²) in [7, 11) is 0. The topological polar surface area (TPSA) is 14.3 Å². The largest absolute Gasteiger partial charge is 0.286 e. The van der Waals surface area contributed by atoms with Gasteiger partial charge < -0.3 is 0 Å². The van der Waals surface area contributed by atoms with Gasteiger partial charge in [-0.3, -0.25) is 8.99 Å². The molecule has 4 aromatic rings. The number of hydrogen-bond donors (Lipinski definition) is 0. The molecule has 0 radical (unpaired) electrons. The number of aryl methyl sites for hydroxylation is 1. The summed E-state index contributed by atoms with van der Waals surface area (Å²) >= 11 is 0. The van der Waals surface area contributed by atoms with Crippen LogP contribution in [0.2, 0.25) is 0 Å². The van der Waals surface area contributed by atoms with Crippen molar-refractivity contribution in [3.05, 3.63) is 102 Å². The molecule has 2 heterocycles. The second-order valence-electron chi connectivity index (χ2n) is 9.16. The van der Waals surface area contributed by atoms with Gasteiger partial charge in [0.2, 0.25) is 0 Å². The molecule has 0 spiro atoms. The molecule has 3 aromatic carbocycles. The predicted molar refractivity (Wildman–Crippen MR) is 135 cm³/mol. The van der Waals surface area contributed by atoms with Crippen molar-refractivity contribution in [2.45, 2.75) is 27.7 Å². The SMILES string of the molecule is C=[N+]1C=CC(C(C)C(C)C)=C[C-]1c1c(C)ccc2c1[o+][c-]1cc(-c3ccccc3)ccc21. The lowest BCUT2D eigenvalue weighted by Crippen LogP contribution is -2.19. The normalized spacial score (nSPS) is 15.1. The molecule has 0 bridgehead atoms. The molecule has 1 aromatic heterocycles. The third-order valence-corrected chi connectivity index (χ3v) is 6.80. The van der Waals surface area contributed by atoms with Crippen LogP contribution in [0, 0.1) is 24.8 Å². The summed E-state index contributed by atoms with van der Waals surface area (Å²) in [5, 5.41) is 2.28. The fourth-order valence-electron chi connectivity index (χ4n) is 4.50. The number of nitrogens with zero attached hydrogens (tertiary/aromatic N) is 1. The third kappa shape index (κ3) is 3.36. The van der Waals surface area contributed by atoms with Crippen LogP contribution in [-0.4, -0.2) is 11.3 Å². The van der Waals surface area contributed by atoms with Gasteiger partial charge in [-0.15, -0.1) is 12.1 Å². The van der Waals surface area contributed by atoms with Gasteiger partial charge in [0, 0.05) is 0 Å². The third-order valence-electron chi connectivity index (χ3n) is 6.80. The van der Waals surface area contributed by atoms with E-state index in [2.05, 4.69) is 107 Å². The molecule has 32 heavy (non-hydrogen) atoms. The van der Waals surface area contributed by atoms with Crippen molar-refractivity contribution >= 4 is 28.7 Å². The van der Waals surface area contributed by atoms with Crippen LogP contribution in [0.4, 0.5) is 0 Å². The highest BCUT2D eigenvalue weighted by atomic mass is 16.3. The molecule has 1 atom stereocenters. The molecule has 0 N–H and O–H groups in total. The number of fused-ring (bicyclic) bond motifs is 3. The van der Waals surface area contributed by atoms with Gasteiger partial charge in [-0.2, -0.15) is 0 Å². The maximum Gasteiger partial charge on any atom is 0.279 e. The smallest absolute Gasteiger partial charge is 0.279 e. The minimum absolute atomic E-state index is 0.471. The van der Waals surface area contributed by atoms with E-state index in [0.717, 1.165) is 39.1 Å². The average molecular weight is 420 g/mol. The molecule has 2 nitrogen and oxygen atoms in total. The molecular weight excluding hydrogens is 390 g/mol. The Bertz CT molecular complexity index is 1380. The summed E-state index contributed by atoms with van der Waals surface area (Å²) in [5.74, 6) is 1.04. The second-order valence-corrected chi connectivity index (χ2v) is 9.16. The van der Waals surface area contributed by atoms with Crippen LogP contribution in [0.3, 0.4) is 0 Å². The highest BCUT2D eigenvalue weighted by Gasteiger charge is 2.28. The lowest BCUT2D eigenvalue weighted by Gasteiger charge is -2.25. The molecule has 0 aliphatic carbocycles. The molecule has 1 aliphatic rings. The number of allylic oxidation sites excluding steroid dienone is 2. The average Bonchev–Trinajstić information content (AvgIpc) is 3.17. The maximum absolute atomic E-state index is 6.54. The Morgan fingerprint density at radius 1 is 0.938 bits per heavy atom. The van der Waals surface area contributed by atoms with E-state index >= 15 is 0 Å². The van der Waals surface area contributed by atoms with Crippen LogP contribution >= 0.6 is 0 Å². The number of rotatable bonds is 4. The van der Waals surface area contributed by atoms with E-state index in [-0.39, 0.29) is 0 Å². The van der Waals surface area contributed by atoms with E-state index in [4.69, 9.17) is 4.42 Å². The van der Waals surface area contributed by atoms with Crippen LogP contribution in [-0.2, 0) is 0 Å². The first-order chi connectivity index (χ1) is 15.4. The van der Waals surface area contributed by atoms with Crippen molar-refractivity contribution in [1.82, 2.24) is 0 Å². The van der Waals surface area contributed by atoms with Crippen molar-refractivity contribution in [2.24, 2.45) is 11.8 Å². The van der Waals surface area contributed by atoms with Crippen molar-refractivity contribution in [3.63, 3.8) is 0 Å². The molecular formula is C30H29NO. The highest BCUT2D eigenvalue weighted by Crippen LogP contribution is 2.39. The first-order valence-electron chi connectivity index (χ1n) is 11.3. The molecule has 5 rings (SSSR count). The van der Waals surface area contributed by atoms with Gasteiger partial charge in [0.05, 0.1) is 12.3 Å². The standard InChI is InChI=1S/C30H29NO/c1-19(2)21(4)23-15-16-31(5)27(17-23)29-20(3)11-13-26-25-14-12-24(18-28(25)32-30(26)29)22-9-7-6-8-10-22/h6-19,21H,5H2,1-4H3. The predicted octanol–water partition coefficient (Wildman–Crippen LogP) is 7.90. The minimum atomic E-state index is 0.471. The van der Waals surface area contributed by atoms with Crippen LogP contribution in [0.15, 0.2) is 89.0 Å². The quantitative estimate of drug-likeness (QED) is 0.186. The Morgan fingerprint density at radius 3 is 2.47 bits per heavy atom. The Morgan fingerprint density at radius 2 is 1.72 bits per heavy atom. The molecule has 160 valence electrons. The molecule has 0 saturated carbocycles. The summed E-state index contributed by atoms with van der Waals surface area (Å²) in [6.45, 7) is 13.2. The molecule has 1 unspecified atom stereocenters. The molecule has 2 heteroatoms. The van der Waals surface area contributed by atoms with Crippen molar-refractivity contribution in [3.8, 4) is 11.1 Å². The number of benzene rings is 3. The van der Waals surface area contributed by atoms with Crippen LogP contribution in [0.25, 0.3) is 33.1 Å². The molecule has 1 aliphatic heterocycles. The van der Waals surface area contributed by atoms with E-state index in [0.29, 0.717) is 11.8 Å². The van der Waals surface area contributed by atoms with Gasteiger partial charge in [0.1, 0.15) is 6.20 Å². The van der Waals surface area contributed by atoms with Crippen LogP contribution < -0.4 is 0 Å². The van der Waals surface area contributed by atoms with E-state index in [9.17, 15) is 0 Å². The Kier molecular flexibility index (Phi) is 5.01. The van der Waals surface area contributed by atoms with E-state index in [1.165, 1.54) is 16.7 Å². The summed E-state index contributed by atoms with van der Waals surface area (Å²) < 4.78 is 8.50.